The van der Waals surface area contributed by atoms with Crippen molar-refractivity contribution in [3.63, 3.8) is 0 Å². The summed E-state index contributed by atoms with van der Waals surface area (Å²) in [5, 5.41) is 1.09. The fourth-order valence-corrected chi connectivity index (χ4v) is 0.491. The van der Waals surface area contributed by atoms with E-state index in [0.29, 0.717) is 0 Å². The Morgan fingerprint density at radius 2 is 2.00 bits per heavy atom. The number of hydrogen-bond donors (Lipinski definition) is 0. The Morgan fingerprint density at radius 3 is 2.00 bits per heavy atom. The molecule has 6 heavy (non-hydrogen) atoms. The zero-order chi connectivity index (χ0) is 4.12. The first-order valence-electron chi connectivity index (χ1n) is 1.77. The van der Waals surface area contributed by atoms with Crippen molar-refractivity contribution < 1.29 is 0 Å². The third-order valence-corrected chi connectivity index (χ3v) is 0.944. The van der Waals surface area contributed by atoms with Crippen molar-refractivity contribution in [2.75, 3.05) is 5.33 Å². The van der Waals surface area contributed by atoms with Gasteiger partial charge in [0.15, 0.2) is 0 Å². The van der Waals surface area contributed by atoms with Gasteiger partial charge >= 0.3 is 18.9 Å². The molecule has 0 aliphatic carbocycles. The van der Waals surface area contributed by atoms with Crippen LogP contribution in [0.1, 0.15) is 12.8 Å². The summed E-state index contributed by atoms with van der Waals surface area (Å²) in [6.45, 7) is 3.65. The van der Waals surface area contributed by atoms with E-state index in [1.54, 1.807) is 0 Å². The Kier molecular flexibility index (Phi) is 15.9. The van der Waals surface area contributed by atoms with Gasteiger partial charge in [0.1, 0.15) is 0 Å². The first kappa shape index (κ1) is 10.1. The molecule has 0 aliphatic heterocycles. The molecular formula is C4H9BrLi. The molecule has 0 fully saturated rings. The van der Waals surface area contributed by atoms with Gasteiger partial charge in [-0.05, 0) is 6.42 Å². The van der Waals surface area contributed by atoms with Gasteiger partial charge in [0.05, 0.1) is 0 Å². The van der Waals surface area contributed by atoms with Crippen LogP contribution in [0.25, 0.3) is 0 Å². The van der Waals surface area contributed by atoms with E-state index >= 15 is 0 Å². The van der Waals surface area contributed by atoms with Gasteiger partial charge in [-0.3, -0.25) is 0 Å². The maximum absolute atomic E-state index is 3.65. The van der Waals surface area contributed by atoms with E-state index in [0.717, 1.165) is 11.8 Å². The van der Waals surface area contributed by atoms with Crippen LogP contribution >= 0.6 is 15.9 Å². The van der Waals surface area contributed by atoms with Crippen molar-refractivity contribution in [1.29, 1.82) is 0 Å². The van der Waals surface area contributed by atoms with Gasteiger partial charge in [-0.15, -0.1) is 0 Å². The van der Waals surface area contributed by atoms with Gasteiger partial charge in [-0.2, -0.15) is 0 Å². The van der Waals surface area contributed by atoms with Gasteiger partial charge in [0.25, 0.3) is 0 Å². The first-order chi connectivity index (χ1) is 2.41. The van der Waals surface area contributed by atoms with Crippen LogP contribution in [0, 0.1) is 6.92 Å². The number of rotatable bonds is 2. The van der Waals surface area contributed by atoms with Crippen LogP contribution in [0.2, 0.25) is 0 Å². The minimum atomic E-state index is 0. The Balaban J connectivity index is 0. The molecule has 0 rings (SSSR count). The monoisotopic (exact) mass is 143 g/mol. The molecular weight excluding hydrogens is 135 g/mol. The van der Waals surface area contributed by atoms with E-state index < -0.39 is 0 Å². The summed E-state index contributed by atoms with van der Waals surface area (Å²) in [4.78, 5) is 0. The van der Waals surface area contributed by atoms with Crippen LogP contribution in [-0.4, -0.2) is 24.2 Å². The molecule has 0 unspecified atom stereocenters. The zero-order valence-electron chi connectivity index (χ0n) is 3.21. The topological polar surface area (TPSA) is 0 Å². The average Bonchev–Trinajstić information content (AvgIpc) is 1.41. The average molecular weight is 144 g/mol. The van der Waals surface area contributed by atoms with Crippen molar-refractivity contribution in [2.45, 2.75) is 12.8 Å². The fraction of sp³-hybridized carbons (Fsp3) is 0.750. The fourth-order valence-electron chi connectivity index (χ4n) is 0.0945. The molecule has 33 valence electrons. The molecule has 0 bridgehead atoms. The molecule has 0 saturated carbocycles. The minimum absolute atomic E-state index is 0. The summed E-state index contributed by atoms with van der Waals surface area (Å²) < 4.78 is 0. The van der Waals surface area contributed by atoms with E-state index in [4.69, 9.17) is 0 Å². The molecule has 0 N–H and O–H groups in total. The van der Waals surface area contributed by atoms with E-state index in [9.17, 15) is 0 Å². The predicted molar refractivity (Wildman–Crippen MR) is 35.5 cm³/mol. The molecule has 0 saturated heterocycles. The molecule has 1 radical (unpaired) electrons. The number of unbranched alkanes of at least 4 members (excludes halogenated alkanes) is 1. The van der Waals surface area contributed by atoms with Crippen LogP contribution in [-0.2, 0) is 0 Å². The molecule has 0 heterocycles. The molecule has 0 aliphatic rings. The second-order valence-electron chi connectivity index (χ2n) is 0.896. The van der Waals surface area contributed by atoms with Gasteiger partial charge < -0.3 is 0 Å². The molecule has 0 aromatic carbocycles. The van der Waals surface area contributed by atoms with Crippen molar-refractivity contribution in [1.82, 2.24) is 0 Å². The number of alkyl halides is 1. The summed E-state index contributed by atoms with van der Waals surface area (Å²) in [6.07, 6.45) is 2.24. The Labute approximate surface area is 60.0 Å². The Hall–Kier alpha value is 1.08. The zero-order valence-corrected chi connectivity index (χ0v) is 4.79. The normalized spacial score (nSPS) is 7.00. The number of hydrogen-bond acceptors (Lipinski definition) is 0. The van der Waals surface area contributed by atoms with Gasteiger partial charge in [-0.25, -0.2) is 0 Å². The van der Waals surface area contributed by atoms with Crippen LogP contribution in [0.3, 0.4) is 0 Å². The van der Waals surface area contributed by atoms with Gasteiger partial charge in [0.2, 0.25) is 0 Å². The molecule has 0 amide bonds. The second-order valence-corrected chi connectivity index (χ2v) is 1.69. The Bertz CT molecular complexity index is 15.0. The third-order valence-electron chi connectivity index (χ3n) is 0.384. The van der Waals surface area contributed by atoms with Gasteiger partial charge in [0, 0.05) is 5.33 Å². The summed E-state index contributed by atoms with van der Waals surface area (Å²) in [7, 11) is 0. The molecule has 0 atom stereocenters. The van der Waals surface area contributed by atoms with E-state index in [1.807, 2.05) is 0 Å². The summed E-state index contributed by atoms with van der Waals surface area (Å²) in [6, 6.07) is 0. The third kappa shape index (κ3) is 8.91. The molecule has 2 heteroatoms. The van der Waals surface area contributed by atoms with E-state index in [1.165, 1.54) is 6.42 Å². The first-order valence-corrected chi connectivity index (χ1v) is 2.89. The summed E-state index contributed by atoms with van der Waals surface area (Å²) in [5.41, 5.74) is 0. The van der Waals surface area contributed by atoms with Crippen molar-refractivity contribution in [3.8, 4) is 0 Å². The van der Waals surface area contributed by atoms with Crippen LogP contribution < -0.4 is 0 Å². The van der Waals surface area contributed by atoms with Gasteiger partial charge in [-0.1, -0.05) is 29.3 Å². The van der Waals surface area contributed by atoms with E-state index in [-0.39, 0.29) is 18.9 Å². The van der Waals surface area contributed by atoms with Crippen molar-refractivity contribution >= 4 is 34.8 Å². The summed E-state index contributed by atoms with van der Waals surface area (Å²) >= 11 is 3.27. The second kappa shape index (κ2) is 9.42. The van der Waals surface area contributed by atoms with E-state index in [2.05, 4.69) is 22.9 Å². The van der Waals surface area contributed by atoms with Crippen molar-refractivity contribution in [3.05, 3.63) is 6.92 Å². The van der Waals surface area contributed by atoms with Crippen LogP contribution in [0.15, 0.2) is 0 Å². The molecule has 0 spiro atoms. The standard InChI is InChI=1S/C4H8Br.Li.H/c1-2-3-4-5;;/h1-4H2;;. The number of halogens is 1. The van der Waals surface area contributed by atoms with Crippen LogP contribution in [0.4, 0.5) is 0 Å². The Morgan fingerprint density at radius 1 is 1.50 bits per heavy atom. The maximum atomic E-state index is 3.65. The molecule has 0 aromatic rings. The SMILES string of the molecule is [CH2]CCCBr.[LiH]. The molecule has 0 aromatic heterocycles. The molecule has 0 nitrogen and oxygen atoms in total. The predicted octanol–water partition coefficient (Wildman–Crippen LogP) is 1.35. The quantitative estimate of drug-likeness (QED) is 0.405. The van der Waals surface area contributed by atoms with Crippen molar-refractivity contribution in [2.24, 2.45) is 0 Å². The summed E-state index contributed by atoms with van der Waals surface area (Å²) in [5.74, 6) is 0. The van der Waals surface area contributed by atoms with Crippen LogP contribution in [0.5, 0.6) is 0 Å².